The number of ether oxygens (including phenoxy) is 1. The Morgan fingerprint density at radius 1 is 1.05 bits per heavy atom. The molecule has 0 saturated heterocycles. The highest BCUT2D eigenvalue weighted by Gasteiger charge is 2.13. The van der Waals surface area contributed by atoms with Crippen LogP contribution in [0.5, 0.6) is 0 Å². The molecule has 3 aromatic rings. The maximum atomic E-state index is 11.8. The summed E-state index contributed by atoms with van der Waals surface area (Å²) in [6, 6.07) is 18.9. The van der Waals surface area contributed by atoms with E-state index in [1.807, 2.05) is 48.5 Å². The fraction of sp³-hybridized carbons (Fsp3) is 0.0526. The third-order valence-corrected chi connectivity index (χ3v) is 3.60. The summed E-state index contributed by atoms with van der Waals surface area (Å²) < 4.78 is 4.79. The fourth-order valence-corrected chi connectivity index (χ4v) is 2.55. The van der Waals surface area contributed by atoms with E-state index in [-0.39, 0.29) is 5.97 Å². The first-order valence-electron chi connectivity index (χ1n) is 6.82. The van der Waals surface area contributed by atoms with E-state index in [1.165, 1.54) is 7.11 Å². The van der Waals surface area contributed by atoms with Crippen LogP contribution >= 0.6 is 0 Å². The molecule has 0 atom stereocenters. The van der Waals surface area contributed by atoms with Crippen molar-refractivity contribution in [3.63, 3.8) is 0 Å². The predicted molar refractivity (Wildman–Crippen MR) is 87.0 cm³/mol. The van der Waals surface area contributed by atoms with Crippen LogP contribution in [0.15, 0.2) is 60.7 Å². The van der Waals surface area contributed by atoms with Gasteiger partial charge in [0.25, 0.3) is 0 Å². The van der Waals surface area contributed by atoms with Crippen LogP contribution in [0.25, 0.3) is 26.7 Å². The minimum Gasteiger partial charge on any atom is -0.465 e. The molecule has 0 radical (unpaired) electrons. The Kier molecular flexibility index (Phi) is 3.59. The van der Waals surface area contributed by atoms with Crippen molar-refractivity contribution in [3.05, 3.63) is 77.6 Å². The Morgan fingerprint density at radius 3 is 2.45 bits per heavy atom. The van der Waals surface area contributed by atoms with Crippen molar-refractivity contribution in [2.45, 2.75) is 0 Å². The van der Waals surface area contributed by atoms with Crippen LogP contribution < -0.4 is 0 Å². The molecule has 0 amide bonds. The van der Waals surface area contributed by atoms with Crippen molar-refractivity contribution in [3.8, 4) is 11.1 Å². The van der Waals surface area contributed by atoms with E-state index in [4.69, 9.17) is 11.3 Å². The molecule has 0 unspecified atom stereocenters. The lowest BCUT2D eigenvalue weighted by atomic mass is 9.95. The van der Waals surface area contributed by atoms with Gasteiger partial charge in [0.1, 0.15) is 0 Å². The van der Waals surface area contributed by atoms with Crippen LogP contribution in [0.3, 0.4) is 0 Å². The average molecular weight is 287 g/mol. The summed E-state index contributed by atoms with van der Waals surface area (Å²) >= 11 is 0. The van der Waals surface area contributed by atoms with Gasteiger partial charge in [-0.15, -0.1) is 0 Å². The average Bonchev–Trinajstić information content (AvgIpc) is 2.60. The van der Waals surface area contributed by atoms with E-state index >= 15 is 0 Å². The van der Waals surface area contributed by atoms with Crippen molar-refractivity contribution in [1.29, 1.82) is 0 Å². The van der Waals surface area contributed by atoms with Crippen LogP contribution in [0, 0.1) is 6.57 Å². The van der Waals surface area contributed by atoms with E-state index in [1.54, 1.807) is 12.1 Å². The first kappa shape index (κ1) is 13.8. The van der Waals surface area contributed by atoms with E-state index in [0.717, 1.165) is 21.9 Å². The molecule has 106 valence electrons. The number of nitrogens with zero attached hydrogens (tertiary/aromatic N) is 1. The molecule has 0 heterocycles. The molecule has 0 fully saturated rings. The molecule has 0 aromatic heterocycles. The molecule has 0 aliphatic rings. The number of hydrogen-bond acceptors (Lipinski definition) is 2. The van der Waals surface area contributed by atoms with Gasteiger partial charge >= 0.3 is 5.97 Å². The van der Waals surface area contributed by atoms with Gasteiger partial charge in [0.15, 0.2) is 5.69 Å². The van der Waals surface area contributed by atoms with Crippen molar-refractivity contribution in [2.24, 2.45) is 0 Å². The van der Waals surface area contributed by atoms with E-state index in [0.29, 0.717) is 11.3 Å². The van der Waals surface area contributed by atoms with Crippen LogP contribution in [0.4, 0.5) is 5.69 Å². The van der Waals surface area contributed by atoms with Gasteiger partial charge in [-0.25, -0.2) is 9.64 Å². The summed E-state index contributed by atoms with van der Waals surface area (Å²) in [5.41, 5.74) is 2.86. The monoisotopic (exact) mass is 287 g/mol. The Balaban J connectivity index is 2.36. The number of benzene rings is 3. The van der Waals surface area contributed by atoms with Gasteiger partial charge in [-0.3, -0.25) is 0 Å². The number of esters is 1. The smallest absolute Gasteiger partial charge is 0.337 e. The lowest BCUT2D eigenvalue weighted by Gasteiger charge is -2.11. The number of hydrogen-bond donors (Lipinski definition) is 0. The van der Waals surface area contributed by atoms with Crippen LogP contribution in [-0.2, 0) is 4.74 Å². The topological polar surface area (TPSA) is 30.7 Å². The number of carbonyl (C=O) groups excluding carboxylic acids is 1. The van der Waals surface area contributed by atoms with Gasteiger partial charge in [0, 0.05) is 0 Å². The highest BCUT2D eigenvalue weighted by Crippen LogP contribution is 2.37. The predicted octanol–water partition coefficient (Wildman–Crippen LogP) is 4.84. The van der Waals surface area contributed by atoms with Gasteiger partial charge in [-0.05, 0) is 34.0 Å². The summed E-state index contributed by atoms with van der Waals surface area (Å²) in [6.45, 7) is 7.42. The minimum atomic E-state index is -0.380. The zero-order valence-corrected chi connectivity index (χ0v) is 12.0. The van der Waals surface area contributed by atoms with Gasteiger partial charge in [0.05, 0.1) is 19.2 Å². The van der Waals surface area contributed by atoms with Gasteiger partial charge in [-0.1, -0.05) is 48.5 Å². The van der Waals surface area contributed by atoms with Gasteiger partial charge in [-0.2, -0.15) is 0 Å². The van der Waals surface area contributed by atoms with E-state index < -0.39 is 0 Å². The maximum Gasteiger partial charge on any atom is 0.337 e. The molecule has 0 saturated carbocycles. The lowest BCUT2D eigenvalue weighted by Crippen LogP contribution is -2.00. The second kappa shape index (κ2) is 5.71. The molecule has 22 heavy (non-hydrogen) atoms. The Labute approximate surface area is 128 Å². The first-order valence-corrected chi connectivity index (χ1v) is 6.82. The second-order valence-electron chi connectivity index (χ2n) is 4.87. The molecule has 0 aliphatic heterocycles. The highest BCUT2D eigenvalue weighted by molar-refractivity contribution is 6.06. The number of methoxy groups -OCH3 is 1. The molecular weight excluding hydrogens is 274 g/mol. The Hall–Kier alpha value is -3.12. The largest absolute Gasteiger partial charge is 0.465 e. The van der Waals surface area contributed by atoms with Crippen LogP contribution in [-0.4, -0.2) is 13.1 Å². The summed E-state index contributed by atoms with van der Waals surface area (Å²) in [7, 11) is 1.36. The van der Waals surface area contributed by atoms with Crippen LogP contribution in [0.1, 0.15) is 10.4 Å². The summed E-state index contributed by atoms with van der Waals surface area (Å²) in [5, 5.41) is 1.86. The highest BCUT2D eigenvalue weighted by atomic mass is 16.5. The lowest BCUT2D eigenvalue weighted by molar-refractivity contribution is 0.0601. The van der Waals surface area contributed by atoms with Gasteiger partial charge in [0.2, 0.25) is 0 Å². The molecule has 3 heteroatoms. The fourth-order valence-electron chi connectivity index (χ4n) is 2.55. The van der Waals surface area contributed by atoms with Crippen molar-refractivity contribution in [1.82, 2.24) is 0 Å². The standard InChI is InChI=1S/C19H13NO2/c1-20-17-11-10-13-8-9-15(19(21)22-2)12-16(13)18(17)14-6-4-3-5-7-14/h3-12H,2H3. The molecule has 0 aliphatic carbocycles. The van der Waals surface area contributed by atoms with E-state index in [2.05, 4.69) is 4.85 Å². The quantitative estimate of drug-likeness (QED) is 0.498. The molecule has 3 rings (SSSR count). The van der Waals surface area contributed by atoms with Crippen molar-refractivity contribution in [2.75, 3.05) is 7.11 Å². The number of fused-ring (bicyclic) bond motifs is 1. The van der Waals surface area contributed by atoms with Crippen LogP contribution in [0.2, 0.25) is 0 Å². The molecule has 0 spiro atoms. The van der Waals surface area contributed by atoms with E-state index in [9.17, 15) is 4.79 Å². The molecule has 3 aromatic carbocycles. The summed E-state index contributed by atoms with van der Waals surface area (Å²) in [4.78, 5) is 15.4. The minimum absolute atomic E-state index is 0.380. The maximum absolute atomic E-state index is 11.8. The third-order valence-electron chi connectivity index (χ3n) is 3.60. The molecule has 3 nitrogen and oxygen atoms in total. The number of carbonyl (C=O) groups is 1. The van der Waals surface area contributed by atoms with Gasteiger partial charge < -0.3 is 4.74 Å². The second-order valence-corrected chi connectivity index (χ2v) is 4.87. The molecule has 0 N–H and O–H groups in total. The molecular formula is C19H13NO2. The number of rotatable bonds is 2. The summed E-state index contributed by atoms with van der Waals surface area (Å²) in [5.74, 6) is -0.380. The molecule has 0 bridgehead atoms. The zero-order chi connectivity index (χ0) is 15.5. The third kappa shape index (κ3) is 2.32. The Morgan fingerprint density at radius 2 is 1.77 bits per heavy atom. The summed E-state index contributed by atoms with van der Waals surface area (Å²) in [6.07, 6.45) is 0. The SMILES string of the molecule is [C-]#[N+]c1ccc2ccc(C(=O)OC)cc2c1-c1ccccc1. The Bertz CT molecular complexity index is 892. The van der Waals surface area contributed by atoms with Crippen molar-refractivity contribution < 1.29 is 9.53 Å². The zero-order valence-electron chi connectivity index (χ0n) is 12.0. The van der Waals surface area contributed by atoms with Crippen molar-refractivity contribution >= 4 is 22.4 Å². The normalized spacial score (nSPS) is 10.2. The first-order chi connectivity index (χ1) is 10.7.